The molecule has 0 aliphatic carbocycles. The van der Waals surface area contributed by atoms with E-state index in [1.54, 1.807) is 0 Å². The molecule has 0 unspecified atom stereocenters. The predicted molar refractivity (Wildman–Crippen MR) is 58.3 cm³/mol. The molecule has 3 rings (SSSR count). The minimum Gasteiger partial charge on any atom is -0.343 e. The van der Waals surface area contributed by atoms with Gasteiger partial charge < -0.3 is 4.57 Å². The molecule has 0 spiro atoms. The summed E-state index contributed by atoms with van der Waals surface area (Å²) in [4.78, 5) is 0. The van der Waals surface area contributed by atoms with Crippen molar-refractivity contribution in [1.82, 2.24) is 4.57 Å². The van der Waals surface area contributed by atoms with Crippen molar-refractivity contribution in [3.8, 4) is 0 Å². The van der Waals surface area contributed by atoms with Crippen LogP contribution < -0.4 is 0 Å². The van der Waals surface area contributed by atoms with Gasteiger partial charge in [-0.2, -0.15) is 11.8 Å². The molecule has 1 aliphatic heterocycles. The SMILES string of the molecule is c1ccc2c(c1)ccn2C1CSC1. The van der Waals surface area contributed by atoms with Gasteiger partial charge in [0.25, 0.3) is 0 Å². The van der Waals surface area contributed by atoms with Crippen molar-refractivity contribution in [3.63, 3.8) is 0 Å². The molecule has 1 aliphatic rings. The van der Waals surface area contributed by atoms with Crippen LogP contribution in [0.25, 0.3) is 10.9 Å². The molecule has 0 amide bonds. The van der Waals surface area contributed by atoms with Gasteiger partial charge >= 0.3 is 0 Å². The number of hydrogen-bond acceptors (Lipinski definition) is 1. The van der Waals surface area contributed by atoms with Crippen molar-refractivity contribution in [2.45, 2.75) is 6.04 Å². The van der Waals surface area contributed by atoms with E-state index in [-0.39, 0.29) is 0 Å². The molecule has 0 N–H and O–H groups in total. The Morgan fingerprint density at radius 1 is 1.15 bits per heavy atom. The molecule has 66 valence electrons. The summed E-state index contributed by atoms with van der Waals surface area (Å²) in [6.07, 6.45) is 2.22. The third-order valence-electron chi connectivity index (χ3n) is 2.64. The van der Waals surface area contributed by atoms with E-state index in [1.807, 2.05) is 11.8 Å². The van der Waals surface area contributed by atoms with Crippen LogP contribution in [0, 0.1) is 0 Å². The summed E-state index contributed by atoms with van der Waals surface area (Å²) < 4.78 is 2.41. The number of thioether (sulfide) groups is 1. The van der Waals surface area contributed by atoms with E-state index in [2.05, 4.69) is 41.1 Å². The third-order valence-corrected chi connectivity index (χ3v) is 3.88. The fourth-order valence-electron chi connectivity index (χ4n) is 1.81. The maximum atomic E-state index is 2.41. The summed E-state index contributed by atoms with van der Waals surface area (Å²) >= 11 is 2.03. The fourth-order valence-corrected chi connectivity index (χ4v) is 2.57. The molecule has 1 fully saturated rings. The van der Waals surface area contributed by atoms with Crippen molar-refractivity contribution in [2.75, 3.05) is 11.5 Å². The van der Waals surface area contributed by atoms with Crippen LogP contribution in [0.2, 0.25) is 0 Å². The first-order valence-electron chi connectivity index (χ1n) is 4.58. The van der Waals surface area contributed by atoms with Crippen molar-refractivity contribution < 1.29 is 0 Å². The zero-order chi connectivity index (χ0) is 8.67. The lowest BCUT2D eigenvalue weighted by Crippen LogP contribution is -2.21. The van der Waals surface area contributed by atoms with Crippen molar-refractivity contribution in [1.29, 1.82) is 0 Å². The van der Waals surface area contributed by atoms with Gasteiger partial charge in [-0.15, -0.1) is 0 Å². The Kier molecular flexibility index (Phi) is 1.62. The van der Waals surface area contributed by atoms with E-state index in [0.717, 1.165) is 6.04 Å². The van der Waals surface area contributed by atoms with Crippen molar-refractivity contribution >= 4 is 22.7 Å². The van der Waals surface area contributed by atoms with Gasteiger partial charge in [0.2, 0.25) is 0 Å². The summed E-state index contributed by atoms with van der Waals surface area (Å²) in [6.45, 7) is 0. The van der Waals surface area contributed by atoms with E-state index < -0.39 is 0 Å². The first-order chi connectivity index (χ1) is 6.45. The molecular weight excluding hydrogens is 178 g/mol. The van der Waals surface area contributed by atoms with E-state index in [0.29, 0.717) is 0 Å². The van der Waals surface area contributed by atoms with Gasteiger partial charge in [-0.25, -0.2) is 0 Å². The average molecular weight is 189 g/mol. The second-order valence-electron chi connectivity index (χ2n) is 3.47. The zero-order valence-corrected chi connectivity index (χ0v) is 8.13. The topological polar surface area (TPSA) is 4.93 Å². The number of nitrogens with zero attached hydrogens (tertiary/aromatic N) is 1. The monoisotopic (exact) mass is 189 g/mol. The van der Waals surface area contributed by atoms with Gasteiger partial charge in [-0.1, -0.05) is 18.2 Å². The van der Waals surface area contributed by atoms with Crippen LogP contribution >= 0.6 is 11.8 Å². The average Bonchev–Trinajstić information content (AvgIpc) is 2.47. The van der Waals surface area contributed by atoms with Crippen molar-refractivity contribution in [3.05, 3.63) is 36.5 Å². The highest BCUT2D eigenvalue weighted by Crippen LogP contribution is 2.32. The van der Waals surface area contributed by atoms with Crippen LogP contribution in [0.15, 0.2) is 36.5 Å². The zero-order valence-electron chi connectivity index (χ0n) is 7.31. The fraction of sp³-hybridized carbons (Fsp3) is 0.273. The lowest BCUT2D eigenvalue weighted by Gasteiger charge is -2.27. The van der Waals surface area contributed by atoms with Gasteiger partial charge in [-0.05, 0) is 17.5 Å². The second kappa shape index (κ2) is 2.81. The van der Waals surface area contributed by atoms with E-state index in [4.69, 9.17) is 0 Å². The number of para-hydroxylation sites is 1. The predicted octanol–water partition coefficient (Wildman–Crippen LogP) is 2.93. The Morgan fingerprint density at radius 3 is 2.77 bits per heavy atom. The molecule has 1 aromatic carbocycles. The summed E-state index contributed by atoms with van der Waals surface area (Å²) in [5, 5.41) is 1.36. The van der Waals surface area contributed by atoms with Crippen LogP contribution in [0.1, 0.15) is 6.04 Å². The Hall–Kier alpha value is -0.890. The number of aromatic nitrogens is 1. The number of fused-ring (bicyclic) bond motifs is 1. The molecule has 2 aromatic rings. The lowest BCUT2D eigenvalue weighted by atomic mass is 10.2. The molecule has 2 heterocycles. The van der Waals surface area contributed by atoms with Crippen LogP contribution in [0.5, 0.6) is 0 Å². The largest absolute Gasteiger partial charge is 0.343 e. The van der Waals surface area contributed by atoms with Crippen LogP contribution in [0.4, 0.5) is 0 Å². The number of hydrogen-bond donors (Lipinski definition) is 0. The third kappa shape index (κ3) is 1.09. The highest BCUT2D eigenvalue weighted by molar-refractivity contribution is 8.00. The summed E-state index contributed by atoms with van der Waals surface area (Å²) in [5.41, 5.74) is 1.38. The van der Waals surface area contributed by atoms with E-state index in [9.17, 15) is 0 Å². The second-order valence-corrected chi connectivity index (χ2v) is 4.55. The lowest BCUT2D eigenvalue weighted by molar-refractivity contribution is 0.614. The Balaban J connectivity index is 2.17. The number of rotatable bonds is 1. The Morgan fingerprint density at radius 2 is 2.00 bits per heavy atom. The molecule has 13 heavy (non-hydrogen) atoms. The van der Waals surface area contributed by atoms with Crippen molar-refractivity contribution in [2.24, 2.45) is 0 Å². The Labute approximate surface area is 81.7 Å². The maximum Gasteiger partial charge on any atom is 0.0517 e. The maximum absolute atomic E-state index is 2.41. The molecule has 0 atom stereocenters. The molecule has 0 saturated carbocycles. The summed E-state index contributed by atoms with van der Waals surface area (Å²) in [6, 6.07) is 11.5. The quantitative estimate of drug-likeness (QED) is 0.667. The van der Waals surface area contributed by atoms with Crippen LogP contribution in [-0.2, 0) is 0 Å². The standard InChI is InChI=1S/C11H11NS/c1-2-4-11-9(3-1)5-6-12(11)10-7-13-8-10/h1-6,10H,7-8H2. The highest BCUT2D eigenvalue weighted by atomic mass is 32.2. The van der Waals surface area contributed by atoms with E-state index >= 15 is 0 Å². The molecule has 2 heteroatoms. The van der Waals surface area contributed by atoms with Gasteiger partial charge in [-0.3, -0.25) is 0 Å². The molecule has 1 aromatic heterocycles. The number of benzene rings is 1. The van der Waals surface area contributed by atoms with Crippen LogP contribution in [0.3, 0.4) is 0 Å². The van der Waals surface area contributed by atoms with Crippen LogP contribution in [-0.4, -0.2) is 16.1 Å². The van der Waals surface area contributed by atoms with E-state index in [1.165, 1.54) is 22.4 Å². The minimum atomic E-state index is 0.741. The minimum absolute atomic E-state index is 0.741. The first kappa shape index (κ1) is 7.51. The van der Waals surface area contributed by atoms with Gasteiger partial charge in [0.15, 0.2) is 0 Å². The highest BCUT2D eigenvalue weighted by Gasteiger charge is 2.20. The molecule has 1 nitrogen and oxygen atoms in total. The van der Waals surface area contributed by atoms with Gasteiger partial charge in [0.1, 0.15) is 0 Å². The normalized spacial score (nSPS) is 17.5. The first-order valence-corrected chi connectivity index (χ1v) is 5.74. The smallest absolute Gasteiger partial charge is 0.0517 e. The molecular formula is C11H11NS. The summed E-state index contributed by atoms with van der Waals surface area (Å²) in [7, 11) is 0. The molecule has 1 saturated heterocycles. The molecule has 0 bridgehead atoms. The summed E-state index contributed by atoms with van der Waals surface area (Å²) in [5.74, 6) is 2.55. The Bertz CT molecular complexity index is 428. The van der Waals surface area contributed by atoms with Gasteiger partial charge in [0, 0.05) is 23.2 Å². The molecule has 0 radical (unpaired) electrons. The van der Waals surface area contributed by atoms with Gasteiger partial charge in [0.05, 0.1) is 6.04 Å².